The molecule has 0 aliphatic heterocycles. The van der Waals surface area contributed by atoms with Gasteiger partial charge in [0.05, 0.1) is 0 Å². The highest BCUT2D eigenvalue weighted by Crippen LogP contribution is 2.19. The van der Waals surface area contributed by atoms with Crippen molar-refractivity contribution in [2.45, 2.75) is 0 Å². The molecular weight excluding hydrogens is 190 g/mol. The van der Waals surface area contributed by atoms with Gasteiger partial charge in [0.15, 0.2) is 5.22 Å². The van der Waals surface area contributed by atoms with Gasteiger partial charge in [-0.2, -0.15) is 0 Å². The monoisotopic (exact) mass is 195 g/mol. The molecule has 0 aliphatic carbocycles. The number of rotatable bonds is 2. The van der Waals surface area contributed by atoms with Gasteiger partial charge >= 0.3 is 0 Å². The van der Waals surface area contributed by atoms with Gasteiger partial charge in [-0.05, 0) is 23.7 Å². The van der Waals surface area contributed by atoms with E-state index < -0.39 is 0 Å². The molecule has 2 rings (SSSR count). The SMILES string of the molecule is Clc1ccc(Nc2ncccn2)o1. The minimum absolute atomic E-state index is 0.332. The zero-order valence-electron chi connectivity index (χ0n) is 6.57. The van der Waals surface area contributed by atoms with Gasteiger partial charge in [0, 0.05) is 18.5 Å². The Morgan fingerprint density at radius 1 is 1.23 bits per heavy atom. The molecule has 0 fully saturated rings. The molecule has 0 radical (unpaired) electrons. The number of nitrogens with zero attached hydrogens (tertiary/aromatic N) is 2. The molecular formula is C8H6ClN3O. The average Bonchev–Trinajstić information content (AvgIpc) is 2.53. The molecule has 0 aromatic carbocycles. The Kier molecular flexibility index (Phi) is 2.14. The molecule has 0 spiro atoms. The van der Waals surface area contributed by atoms with Gasteiger partial charge in [-0.3, -0.25) is 5.32 Å². The van der Waals surface area contributed by atoms with E-state index in [-0.39, 0.29) is 0 Å². The Morgan fingerprint density at radius 2 is 2.00 bits per heavy atom. The summed E-state index contributed by atoms with van der Waals surface area (Å²) in [6.45, 7) is 0. The van der Waals surface area contributed by atoms with E-state index in [1.54, 1.807) is 30.6 Å². The maximum absolute atomic E-state index is 5.58. The van der Waals surface area contributed by atoms with E-state index in [1.165, 1.54) is 0 Å². The number of furan rings is 1. The molecule has 4 nitrogen and oxygen atoms in total. The van der Waals surface area contributed by atoms with Crippen LogP contribution in [-0.2, 0) is 0 Å². The van der Waals surface area contributed by atoms with Crippen molar-refractivity contribution >= 4 is 23.4 Å². The lowest BCUT2D eigenvalue weighted by Crippen LogP contribution is -1.93. The lowest BCUT2D eigenvalue weighted by atomic mass is 10.6. The summed E-state index contributed by atoms with van der Waals surface area (Å²) in [5.74, 6) is 1.00. The smallest absolute Gasteiger partial charge is 0.229 e. The second kappa shape index (κ2) is 3.45. The second-order valence-corrected chi connectivity index (χ2v) is 2.67. The first-order valence-corrected chi connectivity index (χ1v) is 4.02. The standard InChI is InChI=1S/C8H6ClN3O/c9-6-2-3-7(13-6)12-8-10-4-1-5-11-8/h1-5H,(H,10,11,12). The predicted octanol–water partition coefficient (Wildman–Crippen LogP) is 2.47. The van der Waals surface area contributed by atoms with Crippen LogP contribution in [0.4, 0.5) is 11.8 Å². The maximum atomic E-state index is 5.58. The van der Waals surface area contributed by atoms with E-state index in [4.69, 9.17) is 16.0 Å². The number of hydrogen-bond donors (Lipinski definition) is 1. The first-order valence-electron chi connectivity index (χ1n) is 3.64. The van der Waals surface area contributed by atoms with Crippen LogP contribution in [0.25, 0.3) is 0 Å². The van der Waals surface area contributed by atoms with E-state index in [1.807, 2.05) is 0 Å². The van der Waals surface area contributed by atoms with Crippen LogP contribution in [0, 0.1) is 0 Å². The Balaban J connectivity index is 2.15. The lowest BCUT2D eigenvalue weighted by Gasteiger charge is -1.97. The van der Waals surface area contributed by atoms with Gasteiger partial charge in [0.1, 0.15) is 0 Å². The number of aromatic nitrogens is 2. The molecule has 0 saturated carbocycles. The molecule has 0 bridgehead atoms. The summed E-state index contributed by atoms with van der Waals surface area (Å²) < 4.78 is 5.06. The van der Waals surface area contributed by atoms with Crippen molar-refractivity contribution in [3.8, 4) is 0 Å². The van der Waals surface area contributed by atoms with Crippen LogP contribution in [0.1, 0.15) is 0 Å². The van der Waals surface area contributed by atoms with E-state index in [0.29, 0.717) is 17.1 Å². The second-order valence-electron chi connectivity index (χ2n) is 2.30. The van der Waals surface area contributed by atoms with Gasteiger partial charge < -0.3 is 4.42 Å². The van der Waals surface area contributed by atoms with E-state index in [9.17, 15) is 0 Å². The van der Waals surface area contributed by atoms with Crippen LogP contribution >= 0.6 is 11.6 Å². The van der Waals surface area contributed by atoms with Crippen LogP contribution in [0.2, 0.25) is 5.22 Å². The van der Waals surface area contributed by atoms with Crippen LogP contribution < -0.4 is 5.32 Å². The number of nitrogens with one attached hydrogen (secondary N) is 1. The van der Waals surface area contributed by atoms with Crippen molar-refractivity contribution < 1.29 is 4.42 Å². The fraction of sp³-hybridized carbons (Fsp3) is 0. The Bertz CT molecular complexity index is 387. The molecule has 0 atom stereocenters. The summed E-state index contributed by atoms with van der Waals surface area (Å²) in [6, 6.07) is 5.09. The third-order valence-electron chi connectivity index (χ3n) is 1.37. The summed E-state index contributed by atoms with van der Waals surface area (Å²) in [5.41, 5.74) is 0. The van der Waals surface area contributed by atoms with Crippen LogP contribution in [0.5, 0.6) is 0 Å². The highest BCUT2D eigenvalue weighted by Gasteiger charge is 2.00. The van der Waals surface area contributed by atoms with E-state index in [2.05, 4.69) is 15.3 Å². The number of anilines is 2. The summed E-state index contributed by atoms with van der Waals surface area (Å²) in [7, 11) is 0. The number of halogens is 1. The highest BCUT2D eigenvalue weighted by molar-refractivity contribution is 6.28. The lowest BCUT2D eigenvalue weighted by molar-refractivity contribution is 0.586. The van der Waals surface area contributed by atoms with Crippen LogP contribution in [0.3, 0.4) is 0 Å². The quantitative estimate of drug-likeness (QED) is 0.800. The summed E-state index contributed by atoms with van der Waals surface area (Å²) in [5, 5.41) is 3.18. The molecule has 0 amide bonds. The summed E-state index contributed by atoms with van der Waals surface area (Å²) >= 11 is 5.58. The third-order valence-corrected chi connectivity index (χ3v) is 1.58. The summed E-state index contributed by atoms with van der Waals surface area (Å²) in [4.78, 5) is 7.92. The summed E-state index contributed by atoms with van der Waals surface area (Å²) in [6.07, 6.45) is 3.28. The molecule has 0 saturated heterocycles. The van der Waals surface area contributed by atoms with Crippen molar-refractivity contribution in [1.29, 1.82) is 0 Å². The fourth-order valence-electron chi connectivity index (χ4n) is 0.855. The number of hydrogen-bond acceptors (Lipinski definition) is 4. The van der Waals surface area contributed by atoms with E-state index in [0.717, 1.165) is 0 Å². The Labute approximate surface area is 79.6 Å². The molecule has 2 aromatic heterocycles. The van der Waals surface area contributed by atoms with Crippen molar-refractivity contribution in [2.24, 2.45) is 0 Å². The molecule has 0 unspecified atom stereocenters. The molecule has 13 heavy (non-hydrogen) atoms. The zero-order chi connectivity index (χ0) is 9.10. The topological polar surface area (TPSA) is 51.0 Å². The zero-order valence-corrected chi connectivity index (χ0v) is 7.32. The third kappa shape index (κ3) is 1.97. The van der Waals surface area contributed by atoms with Gasteiger partial charge in [-0.25, -0.2) is 9.97 Å². The Hall–Kier alpha value is -1.55. The van der Waals surface area contributed by atoms with Gasteiger partial charge in [0.25, 0.3) is 0 Å². The molecule has 1 N–H and O–H groups in total. The minimum Gasteiger partial charge on any atom is -0.429 e. The van der Waals surface area contributed by atoms with Crippen molar-refractivity contribution in [2.75, 3.05) is 5.32 Å². The molecule has 2 heterocycles. The molecule has 2 aromatic rings. The van der Waals surface area contributed by atoms with Crippen molar-refractivity contribution in [3.63, 3.8) is 0 Å². The van der Waals surface area contributed by atoms with Crippen LogP contribution in [0.15, 0.2) is 35.0 Å². The van der Waals surface area contributed by atoms with Crippen molar-refractivity contribution in [3.05, 3.63) is 35.8 Å². The maximum Gasteiger partial charge on any atom is 0.229 e. The average molecular weight is 196 g/mol. The van der Waals surface area contributed by atoms with Crippen molar-refractivity contribution in [1.82, 2.24) is 9.97 Å². The largest absolute Gasteiger partial charge is 0.429 e. The predicted molar refractivity (Wildman–Crippen MR) is 49.0 cm³/mol. The van der Waals surface area contributed by atoms with E-state index >= 15 is 0 Å². The molecule has 5 heteroatoms. The van der Waals surface area contributed by atoms with Gasteiger partial charge in [-0.1, -0.05) is 0 Å². The normalized spacial score (nSPS) is 9.92. The first kappa shape index (κ1) is 8.07. The minimum atomic E-state index is 0.332. The van der Waals surface area contributed by atoms with Crippen LogP contribution in [-0.4, -0.2) is 9.97 Å². The van der Waals surface area contributed by atoms with Gasteiger partial charge in [0.2, 0.25) is 11.8 Å². The highest BCUT2D eigenvalue weighted by atomic mass is 35.5. The fourth-order valence-corrected chi connectivity index (χ4v) is 1.00. The molecule has 0 aliphatic rings. The first-order chi connectivity index (χ1) is 6.34. The van der Waals surface area contributed by atoms with Gasteiger partial charge in [-0.15, -0.1) is 0 Å². The Morgan fingerprint density at radius 3 is 2.62 bits per heavy atom. The molecule has 66 valence electrons.